The summed E-state index contributed by atoms with van der Waals surface area (Å²) in [4.78, 5) is 21.6. The highest BCUT2D eigenvalue weighted by Gasteiger charge is 2.31. The molecule has 2 aliphatic heterocycles. The molecule has 1 unspecified atom stereocenters. The topological polar surface area (TPSA) is 58.2 Å². The summed E-state index contributed by atoms with van der Waals surface area (Å²) >= 11 is 0. The van der Waals surface area contributed by atoms with E-state index in [1.807, 2.05) is 11.1 Å². The molecular formula is C13H19N3O2. The van der Waals surface area contributed by atoms with Gasteiger partial charge in [-0.2, -0.15) is 0 Å². The number of aromatic nitrogens is 2. The average molecular weight is 249 g/mol. The molecule has 1 aromatic heterocycles. The van der Waals surface area contributed by atoms with Crippen molar-refractivity contribution in [3.63, 3.8) is 0 Å². The Kier molecular flexibility index (Phi) is 3.32. The van der Waals surface area contributed by atoms with Gasteiger partial charge in [-0.15, -0.1) is 0 Å². The van der Waals surface area contributed by atoms with Gasteiger partial charge in [-0.1, -0.05) is 0 Å². The van der Waals surface area contributed by atoms with Crippen LogP contribution in [-0.4, -0.2) is 46.6 Å². The van der Waals surface area contributed by atoms with E-state index < -0.39 is 0 Å². The van der Waals surface area contributed by atoms with E-state index in [1.165, 1.54) is 0 Å². The van der Waals surface area contributed by atoms with Gasteiger partial charge < -0.3 is 14.6 Å². The van der Waals surface area contributed by atoms with Crippen LogP contribution in [0, 0.1) is 0 Å². The molecule has 2 saturated heterocycles. The molecule has 0 aliphatic carbocycles. The lowest BCUT2D eigenvalue weighted by molar-refractivity contribution is -0.142. The predicted molar refractivity (Wildman–Crippen MR) is 66.1 cm³/mol. The first kappa shape index (κ1) is 11.7. The largest absolute Gasteiger partial charge is 0.368 e. The summed E-state index contributed by atoms with van der Waals surface area (Å²) in [5.41, 5.74) is 0. The number of ether oxygens (including phenoxy) is 1. The zero-order valence-corrected chi connectivity index (χ0v) is 10.5. The summed E-state index contributed by atoms with van der Waals surface area (Å²) in [6, 6.07) is 0. The summed E-state index contributed by atoms with van der Waals surface area (Å²) in [5, 5.41) is 0. The van der Waals surface area contributed by atoms with Crippen LogP contribution < -0.4 is 0 Å². The monoisotopic (exact) mass is 249 g/mol. The summed E-state index contributed by atoms with van der Waals surface area (Å²) in [7, 11) is 0. The molecule has 1 amide bonds. The van der Waals surface area contributed by atoms with Crippen molar-refractivity contribution in [3.05, 3.63) is 18.2 Å². The third-order valence-corrected chi connectivity index (χ3v) is 3.92. The maximum Gasteiger partial charge on any atom is 0.251 e. The highest BCUT2D eigenvalue weighted by atomic mass is 16.5. The molecule has 0 saturated carbocycles. The zero-order chi connectivity index (χ0) is 12.4. The second kappa shape index (κ2) is 5.10. The minimum Gasteiger partial charge on any atom is -0.368 e. The van der Waals surface area contributed by atoms with Crippen molar-refractivity contribution in [1.82, 2.24) is 14.9 Å². The first-order chi connectivity index (χ1) is 8.84. The zero-order valence-electron chi connectivity index (χ0n) is 10.5. The third kappa shape index (κ3) is 2.27. The first-order valence-corrected chi connectivity index (χ1v) is 6.74. The van der Waals surface area contributed by atoms with Crippen LogP contribution in [-0.2, 0) is 9.53 Å². The smallest absolute Gasteiger partial charge is 0.251 e. The van der Waals surface area contributed by atoms with Gasteiger partial charge in [0.05, 0.1) is 0 Å². The maximum absolute atomic E-state index is 12.2. The number of imidazole rings is 1. The molecule has 1 atom stereocenters. The van der Waals surface area contributed by atoms with Gasteiger partial charge in [0.2, 0.25) is 0 Å². The van der Waals surface area contributed by atoms with Crippen molar-refractivity contribution in [1.29, 1.82) is 0 Å². The summed E-state index contributed by atoms with van der Waals surface area (Å²) in [6.07, 6.45) is 7.36. The molecule has 2 fully saturated rings. The average Bonchev–Trinajstić information content (AvgIpc) is 3.11. The van der Waals surface area contributed by atoms with Crippen LogP contribution in [0.15, 0.2) is 12.4 Å². The fourth-order valence-electron chi connectivity index (χ4n) is 2.85. The number of piperidine rings is 1. The number of carbonyl (C=O) groups excluding carboxylic acids is 1. The van der Waals surface area contributed by atoms with E-state index in [9.17, 15) is 4.79 Å². The van der Waals surface area contributed by atoms with E-state index in [0.717, 1.165) is 51.2 Å². The molecule has 3 rings (SSSR count). The van der Waals surface area contributed by atoms with E-state index in [4.69, 9.17) is 4.74 Å². The Hall–Kier alpha value is -1.36. The van der Waals surface area contributed by atoms with Crippen molar-refractivity contribution in [2.45, 2.75) is 37.7 Å². The molecule has 0 radical (unpaired) electrons. The first-order valence-electron chi connectivity index (χ1n) is 6.74. The minimum absolute atomic E-state index is 0.176. The van der Waals surface area contributed by atoms with Gasteiger partial charge in [0.1, 0.15) is 11.9 Å². The molecule has 2 aliphatic rings. The SMILES string of the molecule is O=C(C1CCCO1)N1CCC(c2ncc[nH]2)CC1. The highest BCUT2D eigenvalue weighted by molar-refractivity contribution is 5.81. The summed E-state index contributed by atoms with van der Waals surface area (Å²) < 4.78 is 5.46. The molecule has 0 aromatic carbocycles. The molecule has 98 valence electrons. The molecule has 1 N–H and O–H groups in total. The van der Waals surface area contributed by atoms with Gasteiger partial charge in [-0.25, -0.2) is 4.98 Å². The Morgan fingerprint density at radius 3 is 2.83 bits per heavy atom. The van der Waals surface area contributed by atoms with Gasteiger partial charge in [-0.05, 0) is 25.7 Å². The van der Waals surface area contributed by atoms with Gasteiger partial charge in [0, 0.05) is 38.0 Å². The van der Waals surface area contributed by atoms with E-state index >= 15 is 0 Å². The van der Waals surface area contributed by atoms with Gasteiger partial charge in [-0.3, -0.25) is 4.79 Å². The third-order valence-electron chi connectivity index (χ3n) is 3.92. The molecule has 5 nitrogen and oxygen atoms in total. The molecule has 0 bridgehead atoms. The van der Waals surface area contributed by atoms with Crippen molar-refractivity contribution >= 4 is 5.91 Å². The lowest BCUT2D eigenvalue weighted by atomic mass is 9.95. The van der Waals surface area contributed by atoms with Crippen LogP contribution in [0.25, 0.3) is 0 Å². The minimum atomic E-state index is -0.176. The van der Waals surface area contributed by atoms with Crippen LogP contribution in [0.1, 0.15) is 37.4 Å². The lowest BCUT2D eigenvalue weighted by Crippen LogP contribution is -2.43. The predicted octanol–water partition coefficient (Wildman–Crippen LogP) is 1.29. The van der Waals surface area contributed by atoms with Crippen LogP contribution in [0.3, 0.4) is 0 Å². The molecule has 5 heteroatoms. The number of amides is 1. The molecule has 3 heterocycles. The van der Waals surface area contributed by atoms with Gasteiger partial charge in [0.25, 0.3) is 5.91 Å². The van der Waals surface area contributed by atoms with Crippen LogP contribution >= 0.6 is 0 Å². The number of aromatic amines is 1. The maximum atomic E-state index is 12.2. The Balaban J connectivity index is 1.55. The summed E-state index contributed by atoms with van der Waals surface area (Å²) in [5.74, 6) is 1.71. The highest BCUT2D eigenvalue weighted by Crippen LogP contribution is 2.26. The summed E-state index contributed by atoms with van der Waals surface area (Å²) in [6.45, 7) is 2.38. The van der Waals surface area contributed by atoms with Crippen molar-refractivity contribution in [2.24, 2.45) is 0 Å². The van der Waals surface area contributed by atoms with Crippen LogP contribution in [0.2, 0.25) is 0 Å². The number of hydrogen-bond acceptors (Lipinski definition) is 3. The Morgan fingerprint density at radius 2 is 2.22 bits per heavy atom. The number of H-pyrrole nitrogens is 1. The fourth-order valence-corrected chi connectivity index (χ4v) is 2.85. The van der Waals surface area contributed by atoms with Crippen LogP contribution in [0.5, 0.6) is 0 Å². The van der Waals surface area contributed by atoms with Crippen molar-refractivity contribution < 1.29 is 9.53 Å². The van der Waals surface area contributed by atoms with Crippen molar-refractivity contribution in [3.8, 4) is 0 Å². The number of nitrogens with one attached hydrogen (secondary N) is 1. The number of hydrogen-bond donors (Lipinski definition) is 1. The van der Waals surface area contributed by atoms with E-state index in [-0.39, 0.29) is 12.0 Å². The number of likely N-dealkylation sites (tertiary alicyclic amines) is 1. The second-order valence-electron chi connectivity index (χ2n) is 5.08. The Labute approximate surface area is 107 Å². The van der Waals surface area contributed by atoms with Crippen molar-refractivity contribution in [2.75, 3.05) is 19.7 Å². The molecule has 18 heavy (non-hydrogen) atoms. The van der Waals surface area contributed by atoms with Gasteiger partial charge in [0.15, 0.2) is 0 Å². The number of nitrogens with zero attached hydrogens (tertiary/aromatic N) is 2. The molecular weight excluding hydrogens is 230 g/mol. The standard InChI is InChI=1S/C13H19N3O2/c17-13(11-2-1-9-18-11)16-7-3-10(4-8-16)12-14-5-6-15-12/h5-6,10-11H,1-4,7-9H2,(H,14,15). The van der Waals surface area contributed by atoms with Gasteiger partial charge >= 0.3 is 0 Å². The Morgan fingerprint density at radius 1 is 1.39 bits per heavy atom. The normalized spacial score (nSPS) is 25.6. The second-order valence-corrected chi connectivity index (χ2v) is 5.08. The van der Waals surface area contributed by atoms with E-state index in [0.29, 0.717) is 5.92 Å². The Bertz CT molecular complexity index is 390. The number of rotatable bonds is 2. The molecule has 0 spiro atoms. The van der Waals surface area contributed by atoms with E-state index in [2.05, 4.69) is 9.97 Å². The quantitative estimate of drug-likeness (QED) is 0.859. The number of carbonyl (C=O) groups is 1. The molecule has 1 aromatic rings. The van der Waals surface area contributed by atoms with E-state index in [1.54, 1.807) is 6.20 Å². The van der Waals surface area contributed by atoms with Crippen LogP contribution in [0.4, 0.5) is 0 Å². The lowest BCUT2D eigenvalue weighted by Gasteiger charge is -2.32. The fraction of sp³-hybridized carbons (Fsp3) is 0.692.